The smallest absolute Gasteiger partial charge is 0.254 e. The molecule has 3 aromatic heterocycles. The van der Waals surface area contributed by atoms with Crippen molar-refractivity contribution >= 4 is 17.1 Å². The van der Waals surface area contributed by atoms with Gasteiger partial charge in [0.25, 0.3) is 5.91 Å². The highest BCUT2D eigenvalue weighted by atomic mass is 16.3. The van der Waals surface area contributed by atoms with Crippen LogP contribution in [0.25, 0.3) is 16.9 Å². The maximum Gasteiger partial charge on any atom is 0.254 e. The summed E-state index contributed by atoms with van der Waals surface area (Å²) in [5.74, 6) is 0.696. The molecular formula is C19H16N4O2. The molecule has 0 bridgehead atoms. The lowest BCUT2D eigenvalue weighted by atomic mass is 10.3. The molecule has 1 aromatic carbocycles. The molecule has 0 aliphatic heterocycles. The number of benzene rings is 1. The van der Waals surface area contributed by atoms with Crippen molar-refractivity contribution in [2.75, 3.05) is 6.54 Å². The molecule has 1 N–H and O–H groups in total. The van der Waals surface area contributed by atoms with Crippen molar-refractivity contribution in [2.24, 2.45) is 0 Å². The van der Waals surface area contributed by atoms with Gasteiger partial charge in [0.15, 0.2) is 5.65 Å². The number of carbonyl (C=O) groups excluding carboxylic acids is 1. The number of para-hydroxylation sites is 1. The molecule has 0 fully saturated rings. The quantitative estimate of drug-likeness (QED) is 0.610. The Morgan fingerprint density at radius 3 is 2.80 bits per heavy atom. The molecule has 4 aromatic rings. The Morgan fingerprint density at radius 2 is 2.00 bits per heavy atom. The lowest BCUT2D eigenvalue weighted by Crippen LogP contribution is -2.26. The van der Waals surface area contributed by atoms with Crippen molar-refractivity contribution in [2.45, 2.75) is 6.42 Å². The molecule has 0 atom stereocenters. The van der Waals surface area contributed by atoms with Gasteiger partial charge in [-0.15, -0.1) is 0 Å². The third-order valence-electron chi connectivity index (χ3n) is 3.92. The zero-order chi connectivity index (χ0) is 17.1. The second kappa shape index (κ2) is 6.60. The maximum absolute atomic E-state index is 12.0. The van der Waals surface area contributed by atoms with Crippen LogP contribution in [0.3, 0.4) is 0 Å². The standard InChI is InChI=1S/C19H16N4O2/c24-19(14-9-12-25-13-14)21-11-8-17-22-16-7-4-10-20-18(16)23(17)15-5-2-1-3-6-15/h1-7,9-10,12-13H,8,11H2,(H,21,24). The minimum atomic E-state index is -0.158. The molecule has 124 valence electrons. The van der Waals surface area contributed by atoms with E-state index in [1.54, 1.807) is 12.3 Å². The molecule has 6 heteroatoms. The molecule has 25 heavy (non-hydrogen) atoms. The van der Waals surface area contributed by atoms with Gasteiger partial charge < -0.3 is 9.73 Å². The normalized spacial score (nSPS) is 10.9. The molecule has 1 amide bonds. The highest BCUT2D eigenvalue weighted by molar-refractivity contribution is 5.93. The summed E-state index contributed by atoms with van der Waals surface area (Å²) in [6, 6.07) is 15.4. The van der Waals surface area contributed by atoms with Gasteiger partial charge in [0.2, 0.25) is 0 Å². The average molecular weight is 332 g/mol. The number of furan rings is 1. The van der Waals surface area contributed by atoms with Gasteiger partial charge in [-0.25, -0.2) is 9.97 Å². The molecule has 0 spiro atoms. The van der Waals surface area contributed by atoms with Crippen molar-refractivity contribution in [3.8, 4) is 5.69 Å². The van der Waals surface area contributed by atoms with E-state index in [2.05, 4.69) is 15.3 Å². The van der Waals surface area contributed by atoms with Gasteiger partial charge in [0.05, 0.1) is 11.8 Å². The lowest BCUT2D eigenvalue weighted by molar-refractivity contribution is 0.0953. The second-order valence-electron chi connectivity index (χ2n) is 5.56. The highest BCUT2D eigenvalue weighted by Crippen LogP contribution is 2.19. The van der Waals surface area contributed by atoms with Gasteiger partial charge in [0, 0.05) is 24.8 Å². The van der Waals surface area contributed by atoms with Crippen LogP contribution in [0, 0.1) is 0 Å². The van der Waals surface area contributed by atoms with E-state index in [9.17, 15) is 4.79 Å². The largest absolute Gasteiger partial charge is 0.472 e. The fourth-order valence-corrected chi connectivity index (χ4v) is 2.76. The zero-order valence-corrected chi connectivity index (χ0v) is 13.4. The monoisotopic (exact) mass is 332 g/mol. The van der Waals surface area contributed by atoms with Crippen LogP contribution in [-0.2, 0) is 6.42 Å². The Bertz CT molecular complexity index is 991. The van der Waals surface area contributed by atoms with Gasteiger partial charge in [0.1, 0.15) is 17.6 Å². The van der Waals surface area contributed by atoms with Crippen LogP contribution < -0.4 is 5.32 Å². The number of nitrogens with one attached hydrogen (secondary N) is 1. The maximum atomic E-state index is 12.0. The summed E-state index contributed by atoms with van der Waals surface area (Å²) in [6.45, 7) is 0.472. The fraction of sp³-hybridized carbons (Fsp3) is 0.105. The average Bonchev–Trinajstić information content (AvgIpc) is 3.30. The van der Waals surface area contributed by atoms with E-state index in [0.717, 1.165) is 22.7 Å². The summed E-state index contributed by atoms with van der Waals surface area (Å²) in [6.07, 6.45) is 5.26. The predicted molar refractivity (Wildman–Crippen MR) is 93.6 cm³/mol. The minimum Gasteiger partial charge on any atom is -0.472 e. The Kier molecular flexibility index (Phi) is 4.00. The number of pyridine rings is 1. The molecule has 0 saturated heterocycles. The van der Waals surface area contributed by atoms with E-state index < -0.39 is 0 Å². The van der Waals surface area contributed by atoms with Crippen molar-refractivity contribution in [3.05, 3.63) is 78.6 Å². The molecule has 0 aliphatic rings. The van der Waals surface area contributed by atoms with E-state index >= 15 is 0 Å². The summed E-state index contributed by atoms with van der Waals surface area (Å²) >= 11 is 0. The van der Waals surface area contributed by atoms with Crippen LogP contribution in [0.2, 0.25) is 0 Å². The Labute approximate surface area is 144 Å². The molecule has 4 rings (SSSR count). The van der Waals surface area contributed by atoms with E-state index in [1.165, 1.54) is 12.5 Å². The predicted octanol–water partition coefficient (Wildman–Crippen LogP) is 2.99. The van der Waals surface area contributed by atoms with Crippen LogP contribution in [-0.4, -0.2) is 27.0 Å². The third kappa shape index (κ3) is 3.01. The van der Waals surface area contributed by atoms with Gasteiger partial charge in [-0.1, -0.05) is 18.2 Å². The van der Waals surface area contributed by atoms with Crippen LogP contribution in [0.5, 0.6) is 0 Å². The molecule has 6 nitrogen and oxygen atoms in total. The van der Waals surface area contributed by atoms with Gasteiger partial charge in [-0.3, -0.25) is 9.36 Å². The van der Waals surface area contributed by atoms with Crippen LogP contribution in [0.1, 0.15) is 16.2 Å². The minimum absolute atomic E-state index is 0.158. The summed E-state index contributed by atoms with van der Waals surface area (Å²) in [7, 11) is 0. The molecule has 0 saturated carbocycles. The Morgan fingerprint density at radius 1 is 1.12 bits per heavy atom. The molecule has 0 aliphatic carbocycles. The first-order chi connectivity index (χ1) is 12.3. The zero-order valence-electron chi connectivity index (χ0n) is 13.4. The lowest BCUT2D eigenvalue weighted by Gasteiger charge is -2.09. The summed E-state index contributed by atoms with van der Waals surface area (Å²) in [4.78, 5) is 21.2. The second-order valence-corrected chi connectivity index (χ2v) is 5.56. The summed E-state index contributed by atoms with van der Waals surface area (Å²) < 4.78 is 6.96. The SMILES string of the molecule is O=C(NCCc1nc2cccnc2n1-c1ccccc1)c1ccoc1. The Balaban J connectivity index is 1.60. The molecule has 3 heterocycles. The summed E-state index contributed by atoms with van der Waals surface area (Å²) in [5, 5.41) is 2.88. The van der Waals surface area contributed by atoms with Gasteiger partial charge in [-0.2, -0.15) is 0 Å². The number of nitrogens with zero attached hydrogens (tertiary/aromatic N) is 3. The first-order valence-electron chi connectivity index (χ1n) is 8.01. The van der Waals surface area contributed by atoms with E-state index in [1.807, 2.05) is 47.0 Å². The number of imidazole rings is 1. The van der Waals surface area contributed by atoms with E-state index in [-0.39, 0.29) is 5.91 Å². The highest BCUT2D eigenvalue weighted by Gasteiger charge is 2.13. The number of carbonyl (C=O) groups is 1. The van der Waals surface area contributed by atoms with Crippen LogP contribution in [0.4, 0.5) is 0 Å². The molecular weight excluding hydrogens is 316 g/mol. The van der Waals surface area contributed by atoms with Gasteiger partial charge >= 0.3 is 0 Å². The van der Waals surface area contributed by atoms with Gasteiger partial charge in [-0.05, 0) is 30.3 Å². The van der Waals surface area contributed by atoms with E-state index in [4.69, 9.17) is 4.42 Å². The first kappa shape index (κ1) is 15.1. The summed E-state index contributed by atoms with van der Waals surface area (Å²) in [5.41, 5.74) is 3.16. The van der Waals surface area contributed by atoms with Crippen molar-refractivity contribution < 1.29 is 9.21 Å². The Hall–Kier alpha value is -3.41. The van der Waals surface area contributed by atoms with E-state index in [0.29, 0.717) is 18.5 Å². The topological polar surface area (TPSA) is 73.0 Å². The first-order valence-corrected chi connectivity index (χ1v) is 8.01. The number of hydrogen-bond acceptors (Lipinski definition) is 4. The molecule has 0 radical (unpaired) electrons. The third-order valence-corrected chi connectivity index (χ3v) is 3.92. The molecule has 0 unspecified atom stereocenters. The number of amides is 1. The number of fused-ring (bicyclic) bond motifs is 1. The fourth-order valence-electron chi connectivity index (χ4n) is 2.76. The van der Waals surface area contributed by atoms with Crippen molar-refractivity contribution in [1.82, 2.24) is 19.9 Å². The number of hydrogen-bond donors (Lipinski definition) is 1. The van der Waals surface area contributed by atoms with Crippen LogP contribution >= 0.6 is 0 Å². The number of aromatic nitrogens is 3. The number of rotatable bonds is 5. The van der Waals surface area contributed by atoms with Crippen molar-refractivity contribution in [3.63, 3.8) is 0 Å². The van der Waals surface area contributed by atoms with Crippen molar-refractivity contribution in [1.29, 1.82) is 0 Å². The van der Waals surface area contributed by atoms with Crippen LogP contribution in [0.15, 0.2) is 71.7 Å².